The van der Waals surface area contributed by atoms with Crippen LogP contribution in [0.1, 0.15) is 283 Å². The lowest BCUT2D eigenvalue weighted by Gasteiger charge is -2.06. The summed E-state index contributed by atoms with van der Waals surface area (Å²) in [5.41, 5.74) is 0. The second kappa shape index (κ2) is 47.1. The Hall–Kier alpha value is -1.10. The molecule has 0 saturated carbocycles. The smallest absolute Gasteiger partial charge is 0.305 e. The van der Waals surface area contributed by atoms with Gasteiger partial charge in [0.2, 0.25) is 0 Å². The number of aliphatic carboxylic acids is 1. The molecular weight excluding hydrogens is 657 g/mol. The van der Waals surface area contributed by atoms with Crippen molar-refractivity contribution in [1.29, 1.82) is 0 Å². The van der Waals surface area contributed by atoms with Crippen LogP contribution in [0, 0.1) is 0 Å². The average Bonchev–Trinajstić information content (AvgIpc) is 3.15. The first kappa shape index (κ1) is 51.9. The first-order chi connectivity index (χ1) is 26.2. The highest BCUT2D eigenvalue weighted by molar-refractivity contribution is 5.69. The van der Waals surface area contributed by atoms with Crippen molar-refractivity contribution in [2.45, 2.75) is 283 Å². The van der Waals surface area contributed by atoms with Crippen LogP contribution in [0.15, 0.2) is 0 Å². The molecule has 0 fully saturated rings. The van der Waals surface area contributed by atoms with E-state index >= 15 is 0 Å². The van der Waals surface area contributed by atoms with E-state index in [9.17, 15) is 9.59 Å². The summed E-state index contributed by atoms with van der Waals surface area (Å²) >= 11 is 0. The average molecular weight is 751 g/mol. The topological polar surface area (TPSA) is 83.8 Å². The molecule has 0 heterocycles. The highest BCUT2D eigenvalue weighted by atomic mass is 16.5. The van der Waals surface area contributed by atoms with Crippen LogP contribution in [0.4, 0.5) is 0 Å². The molecule has 2 N–H and O–H groups in total. The van der Waals surface area contributed by atoms with Crippen molar-refractivity contribution in [2.24, 2.45) is 0 Å². The Labute approximate surface area is 331 Å². The molecule has 0 spiro atoms. The highest BCUT2D eigenvalue weighted by Crippen LogP contribution is 2.17. The van der Waals surface area contributed by atoms with Crippen LogP contribution in [-0.4, -0.2) is 35.4 Å². The number of esters is 1. The predicted molar refractivity (Wildman–Crippen MR) is 229 cm³/mol. The van der Waals surface area contributed by atoms with Crippen LogP contribution < -0.4 is 0 Å². The number of carboxylic acids is 1. The lowest BCUT2D eigenvalue weighted by atomic mass is 10.0. The van der Waals surface area contributed by atoms with Gasteiger partial charge in [-0.25, -0.2) is 0 Å². The summed E-state index contributed by atoms with van der Waals surface area (Å²) in [7, 11) is 0. The van der Waals surface area contributed by atoms with Gasteiger partial charge in [-0.3, -0.25) is 9.59 Å². The lowest BCUT2D eigenvalue weighted by molar-refractivity contribution is -0.144. The largest absolute Gasteiger partial charge is 0.481 e. The summed E-state index contributed by atoms with van der Waals surface area (Å²) in [6.07, 6.45) is 56.0. The molecule has 0 amide bonds. The van der Waals surface area contributed by atoms with Gasteiger partial charge in [0, 0.05) is 19.4 Å². The summed E-state index contributed by atoms with van der Waals surface area (Å²) in [6.45, 7) is 0.974. The molecule has 316 valence electrons. The van der Waals surface area contributed by atoms with Crippen molar-refractivity contribution in [2.75, 3.05) is 13.2 Å². The molecule has 53 heavy (non-hydrogen) atoms. The Morgan fingerprint density at radius 2 is 0.491 bits per heavy atom. The summed E-state index contributed by atoms with van der Waals surface area (Å²) in [4.78, 5) is 22.5. The lowest BCUT2D eigenvalue weighted by Crippen LogP contribution is -2.05. The van der Waals surface area contributed by atoms with E-state index in [0.29, 0.717) is 26.1 Å². The Kier molecular flexibility index (Phi) is 46.1. The number of aliphatic hydroxyl groups is 1. The van der Waals surface area contributed by atoms with Gasteiger partial charge in [0.1, 0.15) is 0 Å². The Bertz CT molecular complexity index is 710. The molecule has 0 aromatic heterocycles. The van der Waals surface area contributed by atoms with Crippen LogP contribution in [-0.2, 0) is 14.3 Å². The van der Waals surface area contributed by atoms with E-state index in [0.717, 1.165) is 32.1 Å². The first-order valence-electron chi connectivity index (χ1n) is 24.1. The number of aliphatic hydroxyl groups excluding tert-OH is 1. The number of ether oxygens (including phenoxy) is 1. The zero-order chi connectivity index (χ0) is 38.4. The third-order valence-electron chi connectivity index (χ3n) is 11.3. The van der Waals surface area contributed by atoms with E-state index in [1.807, 2.05) is 0 Å². The number of unbranched alkanes of at least 4 members (excludes halogenated alkanes) is 40. The quantitative estimate of drug-likeness (QED) is 0.0478. The molecule has 0 aliphatic heterocycles. The molecule has 0 saturated heterocycles. The van der Waals surface area contributed by atoms with Gasteiger partial charge in [-0.1, -0.05) is 244 Å². The fraction of sp³-hybridized carbons (Fsp3) is 0.958. The van der Waals surface area contributed by atoms with E-state index in [4.69, 9.17) is 14.9 Å². The van der Waals surface area contributed by atoms with Gasteiger partial charge < -0.3 is 14.9 Å². The predicted octanol–water partition coefficient (Wildman–Crippen LogP) is 15.8. The van der Waals surface area contributed by atoms with Crippen LogP contribution >= 0.6 is 0 Å². The number of rotatable bonds is 47. The van der Waals surface area contributed by atoms with Crippen LogP contribution in [0.25, 0.3) is 0 Å². The number of carbonyl (C=O) groups is 2. The normalized spacial score (nSPS) is 11.4. The zero-order valence-electron chi connectivity index (χ0n) is 35.6. The summed E-state index contributed by atoms with van der Waals surface area (Å²) in [5, 5.41) is 17.5. The van der Waals surface area contributed by atoms with Gasteiger partial charge in [0.15, 0.2) is 0 Å². The standard InChI is InChI=1S/C48H94O5/c49-45-41-37-33-29-25-21-17-13-9-5-1-4-8-12-16-20-24-28-32-36-40-44-48(52)53-46-42-38-34-30-26-22-18-14-10-6-2-3-7-11-15-19-23-27-31-35-39-43-47(50)51/h49H,1-46H2,(H,50,51). The van der Waals surface area contributed by atoms with Gasteiger partial charge in [-0.05, 0) is 25.7 Å². The first-order valence-corrected chi connectivity index (χ1v) is 24.1. The van der Waals surface area contributed by atoms with Gasteiger partial charge in [0.05, 0.1) is 6.61 Å². The van der Waals surface area contributed by atoms with Crippen LogP contribution in [0.2, 0.25) is 0 Å². The third kappa shape index (κ3) is 48.9. The van der Waals surface area contributed by atoms with E-state index in [2.05, 4.69) is 0 Å². The van der Waals surface area contributed by atoms with Crippen molar-refractivity contribution >= 4 is 11.9 Å². The van der Waals surface area contributed by atoms with Crippen molar-refractivity contribution < 1.29 is 24.5 Å². The second-order valence-electron chi connectivity index (χ2n) is 16.7. The summed E-state index contributed by atoms with van der Waals surface area (Å²) in [6, 6.07) is 0. The van der Waals surface area contributed by atoms with E-state index in [1.54, 1.807) is 0 Å². The molecule has 0 radical (unpaired) electrons. The zero-order valence-corrected chi connectivity index (χ0v) is 35.6. The number of carboxylic acid groups (broad SMARTS) is 1. The van der Waals surface area contributed by atoms with Crippen molar-refractivity contribution in [3.63, 3.8) is 0 Å². The molecule has 0 aliphatic rings. The Balaban J connectivity index is 3.15. The fourth-order valence-electron chi connectivity index (χ4n) is 7.74. The molecule has 5 heteroatoms. The maximum atomic E-state index is 12.0. The monoisotopic (exact) mass is 751 g/mol. The molecule has 0 unspecified atom stereocenters. The number of carbonyl (C=O) groups excluding carboxylic acids is 1. The van der Waals surface area contributed by atoms with Crippen molar-refractivity contribution in [3.8, 4) is 0 Å². The summed E-state index contributed by atoms with van der Waals surface area (Å²) in [5.74, 6) is -0.644. The van der Waals surface area contributed by atoms with Gasteiger partial charge in [-0.15, -0.1) is 0 Å². The van der Waals surface area contributed by atoms with Crippen molar-refractivity contribution in [3.05, 3.63) is 0 Å². The molecule has 0 aromatic carbocycles. The maximum absolute atomic E-state index is 12.0. The molecule has 0 bridgehead atoms. The maximum Gasteiger partial charge on any atom is 0.305 e. The molecular formula is C48H94O5. The number of hydrogen-bond acceptors (Lipinski definition) is 4. The molecule has 0 aromatic rings. The van der Waals surface area contributed by atoms with Crippen LogP contribution in [0.5, 0.6) is 0 Å². The SMILES string of the molecule is O=C(O)CCCCCCCCCCCCCCCCCCCCCCCOC(=O)CCCCCCCCCCCCCCCCCCCCCCCO. The minimum Gasteiger partial charge on any atom is -0.481 e. The van der Waals surface area contributed by atoms with Crippen molar-refractivity contribution in [1.82, 2.24) is 0 Å². The summed E-state index contributed by atoms with van der Waals surface area (Å²) < 4.78 is 5.48. The van der Waals surface area contributed by atoms with E-state index in [1.165, 1.54) is 238 Å². The Morgan fingerprint density at radius 3 is 0.736 bits per heavy atom. The number of hydrogen-bond donors (Lipinski definition) is 2. The van der Waals surface area contributed by atoms with Gasteiger partial charge in [-0.2, -0.15) is 0 Å². The molecule has 0 aliphatic carbocycles. The fourth-order valence-corrected chi connectivity index (χ4v) is 7.74. The second-order valence-corrected chi connectivity index (χ2v) is 16.7. The Morgan fingerprint density at radius 1 is 0.283 bits per heavy atom. The van der Waals surface area contributed by atoms with E-state index in [-0.39, 0.29) is 5.97 Å². The molecule has 0 rings (SSSR count). The van der Waals surface area contributed by atoms with Gasteiger partial charge in [0.25, 0.3) is 0 Å². The molecule has 5 nitrogen and oxygen atoms in total. The van der Waals surface area contributed by atoms with Gasteiger partial charge >= 0.3 is 11.9 Å². The van der Waals surface area contributed by atoms with E-state index < -0.39 is 5.97 Å². The minimum absolute atomic E-state index is 0.0148. The minimum atomic E-state index is -0.658. The third-order valence-corrected chi connectivity index (χ3v) is 11.3. The molecule has 0 atom stereocenters. The van der Waals surface area contributed by atoms with Crippen LogP contribution in [0.3, 0.4) is 0 Å². The highest BCUT2D eigenvalue weighted by Gasteiger charge is 2.03.